The second-order valence-corrected chi connectivity index (χ2v) is 9.52. The lowest BCUT2D eigenvalue weighted by molar-refractivity contribution is 0.312. The van der Waals surface area contributed by atoms with Crippen LogP contribution in [0.15, 0.2) is 48.6 Å². The second kappa shape index (κ2) is 9.24. The van der Waals surface area contributed by atoms with Gasteiger partial charge < -0.3 is 0 Å². The van der Waals surface area contributed by atoms with E-state index in [1.165, 1.54) is 44.1 Å². The molecule has 0 aliphatic heterocycles. The molecule has 0 aromatic heterocycles. The highest BCUT2D eigenvalue weighted by atomic mass is 19.2. The molecule has 2 aromatic rings. The summed E-state index contributed by atoms with van der Waals surface area (Å²) in [5.74, 6) is -0.0332. The summed E-state index contributed by atoms with van der Waals surface area (Å²) in [7, 11) is 0. The summed E-state index contributed by atoms with van der Waals surface area (Å²) in [5, 5.41) is 0. The van der Waals surface area contributed by atoms with Gasteiger partial charge in [0.15, 0.2) is 11.6 Å². The minimum absolute atomic E-state index is 0.342. The van der Waals surface area contributed by atoms with E-state index in [1.807, 2.05) is 32.9 Å². The summed E-state index contributed by atoms with van der Waals surface area (Å²) in [6.07, 6.45) is 11.9. The maximum absolute atomic E-state index is 14.7. The number of hydrogen-bond acceptors (Lipinski definition) is 0. The van der Waals surface area contributed by atoms with Crippen LogP contribution in [0.25, 0.3) is 11.1 Å². The van der Waals surface area contributed by atoms with Crippen LogP contribution < -0.4 is 0 Å². The molecule has 0 heterocycles. The predicted molar refractivity (Wildman–Crippen MR) is 119 cm³/mol. The standard InChI is InChI=1S/C27H34F2/c1-5-6-7-8-19-9-11-20(12-10-19)21-13-15-22(16-14-21)23-17-18-24(27(2,3)4)26(29)25(23)28/h5-6,13-20H,7-12H2,1-4H3. The summed E-state index contributed by atoms with van der Waals surface area (Å²) in [6.45, 7) is 7.78. The predicted octanol–water partition coefficient (Wildman–Crippen LogP) is 8.56. The first kappa shape index (κ1) is 21.7. The molecule has 0 nitrogen and oxygen atoms in total. The molecule has 0 radical (unpaired) electrons. The van der Waals surface area contributed by atoms with Crippen molar-refractivity contribution in [1.82, 2.24) is 0 Å². The summed E-state index contributed by atoms with van der Waals surface area (Å²) in [5.41, 5.74) is 2.41. The Morgan fingerprint density at radius 2 is 1.55 bits per heavy atom. The average molecular weight is 397 g/mol. The first-order valence-corrected chi connectivity index (χ1v) is 11.0. The molecule has 1 aliphatic carbocycles. The molecular weight excluding hydrogens is 362 g/mol. The molecule has 0 spiro atoms. The van der Waals surface area contributed by atoms with Crippen molar-refractivity contribution in [3.05, 3.63) is 71.3 Å². The molecule has 1 fully saturated rings. The second-order valence-electron chi connectivity index (χ2n) is 9.52. The molecule has 0 amide bonds. The fourth-order valence-electron chi connectivity index (χ4n) is 4.57. The van der Waals surface area contributed by atoms with E-state index in [0.29, 0.717) is 17.0 Å². The SMILES string of the molecule is CC=CCCC1CCC(c2ccc(-c3ccc(C(C)(C)C)c(F)c3F)cc2)CC1. The largest absolute Gasteiger partial charge is 0.203 e. The van der Waals surface area contributed by atoms with Gasteiger partial charge in [0.05, 0.1) is 0 Å². The van der Waals surface area contributed by atoms with Gasteiger partial charge in [0.1, 0.15) is 0 Å². The van der Waals surface area contributed by atoms with Gasteiger partial charge in [-0.15, -0.1) is 0 Å². The zero-order chi connectivity index (χ0) is 21.0. The number of benzene rings is 2. The van der Waals surface area contributed by atoms with Crippen molar-refractivity contribution >= 4 is 0 Å². The molecule has 0 atom stereocenters. The van der Waals surface area contributed by atoms with Crippen LogP contribution in [0.5, 0.6) is 0 Å². The van der Waals surface area contributed by atoms with Gasteiger partial charge in [0.25, 0.3) is 0 Å². The average Bonchev–Trinajstić information content (AvgIpc) is 2.70. The molecule has 0 unspecified atom stereocenters. The number of allylic oxidation sites excluding steroid dienone is 2. The zero-order valence-corrected chi connectivity index (χ0v) is 18.3. The molecule has 0 saturated heterocycles. The van der Waals surface area contributed by atoms with Crippen LogP contribution in [0, 0.1) is 17.6 Å². The van der Waals surface area contributed by atoms with Crippen LogP contribution in [-0.2, 0) is 5.41 Å². The van der Waals surface area contributed by atoms with Gasteiger partial charge in [-0.3, -0.25) is 0 Å². The summed E-state index contributed by atoms with van der Waals surface area (Å²) in [4.78, 5) is 0. The number of hydrogen-bond donors (Lipinski definition) is 0. The van der Waals surface area contributed by atoms with Crippen LogP contribution in [0.4, 0.5) is 8.78 Å². The lowest BCUT2D eigenvalue weighted by atomic mass is 9.77. The van der Waals surface area contributed by atoms with Crippen LogP contribution in [0.1, 0.15) is 83.3 Å². The molecule has 156 valence electrons. The van der Waals surface area contributed by atoms with Crippen molar-refractivity contribution in [2.45, 2.75) is 77.6 Å². The van der Waals surface area contributed by atoms with E-state index in [4.69, 9.17) is 0 Å². The maximum Gasteiger partial charge on any atom is 0.166 e. The maximum atomic E-state index is 14.7. The lowest BCUT2D eigenvalue weighted by Gasteiger charge is -2.28. The highest BCUT2D eigenvalue weighted by Gasteiger charge is 2.24. The smallest absolute Gasteiger partial charge is 0.166 e. The summed E-state index contributed by atoms with van der Waals surface area (Å²) < 4.78 is 29.3. The van der Waals surface area contributed by atoms with E-state index < -0.39 is 17.0 Å². The Morgan fingerprint density at radius 1 is 0.897 bits per heavy atom. The van der Waals surface area contributed by atoms with Crippen molar-refractivity contribution in [3.63, 3.8) is 0 Å². The fraction of sp³-hybridized carbons (Fsp3) is 0.481. The van der Waals surface area contributed by atoms with Gasteiger partial charge in [-0.1, -0.05) is 69.3 Å². The lowest BCUT2D eigenvalue weighted by Crippen LogP contribution is -2.15. The van der Waals surface area contributed by atoms with Crippen molar-refractivity contribution in [1.29, 1.82) is 0 Å². The third kappa shape index (κ3) is 5.15. The minimum atomic E-state index is -0.744. The van der Waals surface area contributed by atoms with E-state index in [1.54, 1.807) is 12.1 Å². The first-order chi connectivity index (χ1) is 13.8. The Morgan fingerprint density at radius 3 is 2.14 bits per heavy atom. The molecule has 3 rings (SSSR count). The third-order valence-corrected chi connectivity index (χ3v) is 6.41. The molecule has 2 aromatic carbocycles. The van der Waals surface area contributed by atoms with Gasteiger partial charge in [-0.25, -0.2) is 8.78 Å². The summed E-state index contributed by atoms with van der Waals surface area (Å²) >= 11 is 0. The van der Waals surface area contributed by atoms with Crippen molar-refractivity contribution in [2.24, 2.45) is 5.92 Å². The highest BCUT2D eigenvalue weighted by molar-refractivity contribution is 5.65. The molecule has 1 saturated carbocycles. The van der Waals surface area contributed by atoms with E-state index in [9.17, 15) is 8.78 Å². The fourth-order valence-corrected chi connectivity index (χ4v) is 4.57. The Balaban J connectivity index is 1.69. The highest BCUT2D eigenvalue weighted by Crippen LogP contribution is 2.38. The monoisotopic (exact) mass is 396 g/mol. The van der Waals surface area contributed by atoms with E-state index in [2.05, 4.69) is 31.2 Å². The third-order valence-electron chi connectivity index (χ3n) is 6.41. The zero-order valence-electron chi connectivity index (χ0n) is 18.3. The Hall–Kier alpha value is -1.96. The molecule has 29 heavy (non-hydrogen) atoms. The normalized spacial score (nSPS) is 20.3. The van der Waals surface area contributed by atoms with Crippen LogP contribution in [-0.4, -0.2) is 0 Å². The van der Waals surface area contributed by atoms with E-state index in [0.717, 1.165) is 11.5 Å². The molecule has 2 heteroatoms. The van der Waals surface area contributed by atoms with E-state index in [-0.39, 0.29) is 0 Å². The first-order valence-electron chi connectivity index (χ1n) is 11.0. The van der Waals surface area contributed by atoms with Crippen LogP contribution >= 0.6 is 0 Å². The van der Waals surface area contributed by atoms with Gasteiger partial charge in [-0.05, 0) is 79.4 Å². The number of rotatable bonds is 5. The molecule has 0 bridgehead atoms. The topological polar surface area (TPSA) is 0 Å². The number of halogens is 2. The van der Waals surface area contributed by atoms with E-state index >= 15 is 0 Å². The molecule has 0 N–H and O–H groups in total. The van der Waals surface area contributed by atoms with Crippen LogP contribution in [0.2, 0.25) is 0 Å². The Bertz CT molecular complexity index is 832. The summed E-state index contributed by atoms with van der Waals surface area (Å²) in [6, 6.07) is 11.5. The quantitative estimate of drug-likeness (QED) is 0.444. The molecular formula is C27H34F2. The van der Waals surface area contributed by atoms with Gasteiger partial charge in [0, 0.05) is 5.56 Å². The van der Waals surface area contributed by atoms with Gasteiger partial charge >= 0.3 is 0 Å². The minimum Gasteiger partial charge on any atom is -0.203 e. The van der Waals surface area contributed by atoms with Crippen molar-refractivity contribution in [3.8, 4) is 11.1 Å². The van der Waals surface area contributed by atoms with Gasteiger partial charge in [0.2, 0.25) is 0 Å². The molecule has 1 aliphatic rings. The Labute approximate surface area is 175 Å². The van der Waals surface area contributed by atoms with Crippen LogP contribution in [0.3, 0.4) is 0 Å². The van der Waals surface area contributed by atoms with Crippen molar-refractivity contribution < 1.29 is 8.78 Å². The van der Waals surface area contributed by atoms with Crippen molar-refractivity contribution in [2.75, 3.05) is 0 Å². The van der Waals surface area contributed by atoms with Gasteiger partial charge in [-0.2, -0.15) is 0 Å². The Kier molecular flexibility index (Phi) is 6.93.